The maximum atomic E-state index is 4.23. The van der Waals surface area contributed by atoms with Gasteiger partial charge in [0.05, 0.1) is 11.0 Å². The molecule has 0 N–H and O–H groups in total. The number of aromatic nitrogens is 3. The van der Waals surface area contributed by atoms with Crippen LogP contribution < -0.4 is 0 Å². The summed E-state index contributed by atoms with van der Waals surface area (Å²) in [7, 11) is 0. The van der Waals surface area contributed by atoms with E-state index in [-0.39, 0.29) is 0 Å². The van der Waals surface area contributed by atoms with Crippen LogP contribution in [-0.4, -0.2) is 14.5 Å². The van der Waals surface area contributed by atoms with Gasteiger partial charge in [0.2, 0.25) is 0 Å². The van der Waals surface area contributed by atoms with Crippen LogP contribution in [0.25, 0.3) is 105 Å². The first-order valence-electron chi connectivity index (χ1n) is 20.7. The van der Waals surface area contributed by atoms with Gasteiger partial charge in [-0.05, 0) is 175 Å². The molecule has 0 aliphatic heterocycles. The lowest BCUT2D eigenvalue weighted by atomic mass is 9.90. The average Bonchev–Trinajstić information content (AvgIpc) is 3.68. The highest BCUT2D eigenvalue weighted by atomic mass is 15.0. The first kappa shape index (κ1) is 36.0. The summed E-state index contributed by atoms with van der Waals surface area (Å²) in [4.78, 5) is 8.46. The summed E-state index contributed by atoms with van der Waals surface area (Å²) in [6, 6.07) is 77.1. The standard InChI is InChI=1S/C58H39N3/c1-2-18-54(19-3-1)61-57-21-5-4-20-55(57)56-39-50(22-23-58(56)61)53-37-51(48-16-8-14-46(34-48)44-12-6-10-42(32-44)40-24-28-59-29-25-40)36-52(38-53)49-17-9-15-47(35-49)45-13-7-11-43(33-45)41-26-30-60-31-27-41/h1-39H. The molecule has 3 heteroatoms. The van der Waals surface area contributed by atoms with Crippen molar-refractivity contribution in [3.63, 3.8) is 0 Å². The van der Waals surface area contributed by atoms with Crippen molar-refractivity contribution in [2.45, 2.75) is 0 Å². The summed E-state index contributed by atoms with van der Waals surface area (Å²) in [5, 5.41) is 2.47. The molecule has 11 rings (SSSR count). The summed E-state index contributed by atoms with van der Waals surface area (Å²) in [5.41, 5.74) is 19.9. The molecular formula is C58H39N3. The van der Waals surface area contributed by atoms with E-state index in [1.165, 1.54) is 66.3 Å². The van der Waals surface area contributed by atoms with Gasteiger partial charge in [-0.25, -0.2) is 0 Å². The van der Waals surface area contributed by atoms with Crippen LogP contribution in [0.15, 0.2) is 237 Å². The SMILES string of the molecule is c1ccc(-n2c3ccccc3c3cc(-c4cc(-c5cccc(-c6cccc(-c7ccncc7)c6)c5)cc(-c5cccc(-c6cccc(-c7ccncc7)c6)c5)c4)ccc32)cc1. The fourth-order valence-electron chi connectivity index (χ4n) is 8.74. The number of pyridine rings is 2. The summed E-state index contributed by atoms with van der Waals surface area (Å²) >= 11 is 0. The number of benzene rings is 8. The van der Waals surface area contributed by atoms with Crippen LogP contribution in [0.2, 0.25) is 0 Å². The van der Waals surface area contributed by atoms with Gasteiger partial charge < -0.3 is 4.57 Å². The normalized spacial score (nSPS) is 11.3. The van der Waals surface area contributed by atoms with Gasteiger partial charge in [-0.15, -0.1) is 0 Å². The largest absolute Gasteiger partial charge is 0.309 e. The van der Waals surface area contributed by atoms with Crippen molar-refractivity contribution in [2.24, 2.45) is 0 Å². The van der Waals surface area contributed by atoms with Gasteiger partial charge in [-0.1, -0.05) is 115 Å². The monoisotopic (exact) mass is 777 g/mol. The molecule has 3 heterocycles. The van der Waals surface area contributed by atoms with Crippen LogP contribution in [0, 0.1) is 0 Å². The summed E-state index contributed by atoms with van der Waals surface area (Å²) in [6.45, 7) is 0. The lowest BCUT2D eigenvalue weighted by Gasteiger charge is -2.14. The Balaban J connectivity index is 1.06. The first-order chi connectivity index (χ1) is 30.2. The maximum Gasteiger partial charge on any atom is 0.0541 e. The molecular weight excluding hydrogens is 739 g/mol. The second-order valence-corrected chi connectivity index (χ2v) is 15.5. The van der Waals surface area contributed by atoms with Crippen molar-refractivity contribution in [1.82, 2.24) is 14.5 Å². The van der Waals surface area contributed by atoms with E-state index in [9.17, 15) is 0 Å². The van der Waals surface area contributed by atoms with E-state index in [1.807, 2.05) is 24.8 Å². The zero-order chi connectivity index (χ0) is 40.5. The minimum atomic E-state index is 1.15. The van der Waals surface area contributed by atoms with Crippen molar-refractivity contribution >= 4 is 21.8 Å². The molecule has 0 radical (unpaired) electrons. The van der Waals surface area contributed by atoms with Crippen LogP contribution in [0.4, 0.5) is 0 Å². The molecule has 3 nitrogen and oxygen atoms in total. The second-order valence-electron chi connectivity index (χ2n) is 15.5. The van der Waals surface area contributed by atoms with Crippen LogP contribution in [-0.2, 0) is 0 Å². The lowest BCUT2D eigenvalue weighted by Crippen LogP contribution is -1.93. The summed E-state index contributed by atoms with van der Waals surface area (Å²) < 4.78 is 2.38. The molecule has 0 saturated heterocycles. The van der Waals surface area contributed by atoms with Gasteiger partial charge in [0.1, 0.15) is 0 Å². The average molecular weight is 778 g/mol. The Labute approximate surface area is 355 Å². The van der Waals surface area contributed by atoms with E-state index in [0.717, 1.165) is 39.1 Å². The molecule has 0 aliphatic rings. The van der Waals surface area contributed by atoms with Crippen LogP contribution in [0.3, 0.4) is 0 Å². The Hall–Kier alpha value is -8.14. The number of nitrogens with zero attached hydrogens (tertiary/aromatic N) is 3. The number of para-hydroxylation sites is 2. The molecule has 61 heavy (non-hydrogen) atoms. The molecule has 0 aliphatic carbocycles. The third-order valence-corrected chi connectivity index (χ3v) is 11.8. The highest BCUT2D eigenvalue weighted by Crippen LogP contribution is 2.39. The van der Waals surface area contributed by atoms with Gasteiger partial charge >= 0.3 is 0 Å². The van der Waals surface area contributed by atoms with E-state index in [1.54, 1.807) is 0 Å². The van der Waals surface area contributed by atoms with Crippen molar-refractivity contribution in [3.05, 3.63) is 237 Å². The van der Waals surface area contributed by atoms with Gasteiger partial charge in [0, 0.05) is 41.2 Å². The Morgan fingerprint density at radius 2 is 0.590 bits per heavy atom. The van der Waals surface area contributed by atoms with Gasteiger partial charge in [0.15, 0.2) is 0 Å². The molecule has 0 saturated carbocycles. The van der Waals surface area contributed by atoms with E-state index < -0.39 is 0 Å². The van der Waals surface area contributed by atoms with E-state index in [2.05, 4.69) is 227 Å². The fraction of sp³-hybridized carbons (Fsp3) is 0. The zero-order valence-electron chi connectivity index (χ0n) is 33.4. The van der Waals surface area contributed by atoms with E-state index >= 15 is 0 Å². The van der Waals surface area contributed by atoms with Gasteiger partial charge in [0.25, 0.3) is 0 Å². The van der Waals surface area contributed by atoms with Gasteiger partial charge in [-0.3, -0.25) is 9.97 Å². The maximum absolute atomic E-state index is 4.23. The molecule has 11 aromatic rings. The van der Waals surface area contributed by atoms with Crippen molar-refractivity contribution < 1.29 is 0 Å². The highest BCUT2D eigenvalue weighted by molar-refractivity contribution is 6.10. The molecule has 0 spiro atoms. The Morgan fingerprint density at radius 1 is 0.230 bits per heavy atom. The van der Waals surface area contributed by atoms with Crippen molar-refractivity contribution in [2.75, 3.05) is 0 Å². The van der Waals surface area contributed by atoms with Crippen LogP contribution in [0.5, 0.6) is 0 Å². The van der Waals surface area contributed by atoms with Crippen molar-refractivity contribution in [1.29, 1.82) is 0 Å². The first-order valence-corrected chi connectivity index (χ1v) is 20.7. The predicted octanol–water partition coefficient (Wildman–Crippen LogP) is 15.2. The minimum absolute atomic E-state index is 1.15. The Bertz CT molecular complexity index is 3200. The molecule has 0 fully saturated rings. The molecule has 0 amide bonds. The molecule has 8 aromatic carbocycles. The fourth-order valence-corrected chi connectivity index (χ4v) is 8.74. The van der Waals surface area contributed by atoms with Gasteiger partial charge in [-0.2, -0.15) is 0 Å². The quantitative estimate of drug-likeness (QED) is 0.154. The smallest absolute Gasteiger partial charge is 0.0541 e. The van der Waals surface area contributed by atoms with E-state index in [0.29, 0.717) is 0 Å². The number of hydrogen-bond acceptors (Lipinski definition) is 2. The predicted molar refractivity (Wildman–Crippen MR) is 254 cm³/mol. The van der Waals surface area contributed by atoms with E-state index in [4.69, 9.17) is 0 Å². The third kappa shape index (κ3) is 6.98. The second kappa shape index (κ2) is 15.6. The topological polar surface area (TPSA) is 30.7 Å². The number of hydrogen-bond donors (Lipinski definition) is 0. The number of rotatable bonds is 8. The van der Waals surface area contributed by atoms with Crippen LogP contribution in [0.1, 0.15) is 0 Å². The molecule has 0 bridgehead atoms. The minimum Gasteiger partial charge on any atom is -0.309 e. The van der Waals surface area contributed by atoms with Crippen molar-refractivity contribution in [3.8, 4) is 83.6 Å². The summed E-state index contributed by atoms with van der Waals surface area (Å²) in [6.07, 6.45) is 7.40. The molecule has 0 atom stereocenters. The highest BCUT2D eigenvalue weighted by Gasteiger charge is 2.15. The molecule has 3 aromatic heterocycles. The third-order valence-electron chi connectivity index (χ3n) is 11.8. The summed E-state index contributed by atoms with van der Waals surface area (Å²) in [5.74, 6) is 0. The van der Waals surface area contributed by atoms with Crippen LogP contribution >= 0.6 is 0 Å². The Morgan fingerprint density at radius 3 is 1.07 bits per heavy atom. The lowest BCUT2D eigenvalue weighted by molar-refractivity contribution is 1.18. The molecule has 286 valence electrons. The number of fused-ring (bicyclic) bond motifs is 3. The molecule has 0 unspecified atom stereocenters. The zero-order valence-corrected chi connectivity index (χ0v) is 33.4. The Kier molecular flexibility index (Phi) is 9.18.